The summed E-state index contributed by atoms with van der Waals surface area (Å²) < 4.78 is 25.7. The smallest absolute Gasteiger partial charge is 0.407 e. The molecule has 1 aromatic carbocycles. The average molecular weight is 764 g/mol. The number of hydrogen-bond donors (Lipinski definition) is 1. The molecule has 1 atom stereocenters. The van der Waals surface area contributed by atoms with Gasteiger partial charge in [0.2, 0.25) is 0 Å². The fraction of sp³-hybridized carbons (Fsp3) is 0.538. The minimum absolute atomic E-state index is 0.0353. The second-order valence-electron chi connectivity index (χ2n) is 16.2. The fourth-order valence-corrected chi connectivity index (χ4v) is 7.56. The number of likely N-dealkylation sites (tertiary alicyclic amines) is 1. The summed E-state index contributed by atoms with van der Waals surface area (Å²) in [5.74, 6) is 1.65. The van der Waals surface area contributed by atoms with E-state index in [1.54, 1.807) is 6.33 Å². The normalized spacial score (nSPS) is 17.3. The van der Waals surface area contributed by atoms with Crippen LogP contribution in [0, 0.1) is 0 Å². The van der Waals surface area contributed by atoms with Crippen LogP contribution in [-0.2, 0) is 34.1 Å². The second-order valence-corrected chi connectivity index (χ2v) is 22.1. The van der Waals surface area contributed by atoms with E-state index in [0.29, 0.717) is 38.2 Å². The van der Waals surface area contributed by atoms with Gasteiger partial charge in [0.1, 0.15) is 47.6 Å². The summed E-state index contributed by atoms with van der Waals surface area (Å²) in [6, 6.07) is 13.5. The van der Waals surface area contributed by atoms with Gasteiger partial charge in [-0.25, -0.2) is 19.7 Å². The van der Waals surface area contributed by atoms with Crippen LogP contribution in [0.3, 0.4) is 0 Å². The van der Waals surface area contributed by atoms with Crippen molar-refractivity contribution >= 4 is 42.6 Å². The fourth-order valence-electron chi connectivity index (χ4n) is 6.64. The molecule has 0 radical (unpaired) electrons. The number of amides is 1. The van der Waals surface area contributed by atoms with Gasteiger partial charge in [0.25, 0.3) is 0 Å². The average Bonchev–Trinajstić information content (AvgIpc) is 3.48. The number of carbonyl (C=O) groups is 1. The zero-order valence-electron chi connectivity index (χ0n) is 32.0. The lowest BCUT2D eigenvalue weighted by Gasteiger charge is -2.33. The molecule has 0 spiro atoms. The van der Waals surface area contributed by atoms with Gasteiger partial charge in [-0.1, -0.05) is 31.2 Å². The van der Waals surface area contributed by atoms with Gasteiger partial charge in [0.05, 0.1) is 24.3 Å². The van der Waals surface area contributed by atoms with Gasteiger partial charge in [-0.2, -0.15) is 0 Å². The standard InChI is InChI=1S/C39H54ClN7O5Si/c1-39(2,3)52-38(48)44-31-8-7-13-45(24-31)23-28-20-30(35(40)41-22-28)25-51-32-11-9-29(10-12-32)34-21-33-36(46-14-16-49-17-15-46)42-26-43-37(33)47(34)27-50-18-19-53(4,5)6/h9-12,20-22,26,31H,7-8,13-19,23-25,27H2,1-6H3,(H,44,48)/t31-/m1/s1. The number of benzene rings is 1. The number of halogens is 1. The number of nitrogens with zero attached hydrogens (tertiary/aromatic N) is 6. The molecule has 1 amide bonds. The third-order valence-electron chi connectivity index (χ3n) is 9.34. The number of aromatic nitrogens is 4. The summed E-state index contributed by atoms with van der Waals surface area (Å²) in [6.07, 6.45) is 5.00. The third kappa shape index (κ3) is 10.9. The number of nitrogens with one attached hydrogen (secondary N) is 1. The first-order chi connectivity index (χ1) is 25.3. The molecule has 2 aliphatic rings. The summed E-state index contributed by atoms with van der Waals surface area (Å²) in [6.45, 7) is 19.4. The Labute approximate surface area is 319 Å². The lowest BCUT2D eigenvalue weighted by atomic mass is 10.0. The highest BCUT2D eigenvalue weighted by atomic mass is 35.5. The number of fused-ring (bicyclic) bond motifs is 1. The van der Waals surface area contributed by atoms with Crippen LogP contribution in [0.2, 0.25) is 30.8 Å². The van der Waals surface area contributed by atoms with Crippen LogP contribution in [0.4, 0.5) is 10.6 Å². The topological polar surface area (TPSA) is 116 Å². The molecule has 53 heavy (non-hydrogen) atoms. The molecule has 0 saturated carbocycles. The Bertz CT molecular complexity index is 1840. The number of ether oxygens (including phenoxy) is 4. The first-order valence-electron chi connectivity index (χ1n) is 18.6. The van der Waals surface area contributed by atoms with Gasteiger partial charge < -0.3 is 33.7 Å². The molecule has 14 heteroatoms. The Morgan fingerprint density at radius 1 is 1.06 bits per heavy atom. The van der Waals surface area contributed by atoms with Crippen molar-refractivity contribution in [2.75, 3.05) is 50.9 Å². The van der Waals surface area contributed by atoms with Crippen LogP contribution in [0.15, 0.2) is 48.9 Å². The zero-order valence-corrected chi connectivity index (χ0v) is 33.7. The second kappa shape index (κ2) is 17.1. The number of pyridine rings is 1. The number of anilines is 1. The number of morpholine rings is 1. The molecule has 0 aliphatic carbocycles. The molecule has 0 unspecified atom stereocenters. The van der Waals surface area contributed by atoms with E-state index < -0.39 is 13.7 Å². The van der Waals surface area contributed by atoms with E-state index >= 15 is 0 Å². The minimum Gasteiger partial charge on any atom is -0.489 e. The molecule has 6 rings (SSSR count). The molecule has 0 bridgehead atoms. The van der Waals surface area contributed by atoms with E-state index in [-0.39, 0.29) is 18.7 Å². The molecular weight excluding hydrogens is 710 g/mol. The Balaban J connectivity index is 1.13. The maximum Gasteiger partial charge on any atom is 0.407 e. The van der Waals surface area contributed by atoms with Gasteiger partial charge in [-0.3, -0.25) is 4.90 Å². The predicted molar refractivity (Wildman–Crippen MR) is 211 cm³/mol. The van der Waals surface area contributed by atoms with Gasteiger partial charge in [0.15, 0.2) is 0 Å². The van der Waals surface area contributed by atoms with Gasteiger partial charge >= 0.3 is 6.09 Å². The van der Waals surface area contributed by atoms with Crippen molar-refractivity contribution in [3.8, 4) is 17.0 Å². The van der Waals surface area contributed by atoms with Crippen LogP contribution >= 0.6 is 11.6 Å². The molecule has 2 saturated heterocycles. The number of alkyl carbamates (subject to hydrolysis) is 1. The predicted octanol–water partition coefficient (Wildman–Crippen LogP) is 7.36. The van der Waals surface area contributed by atoms with E-state index in [2.05, 4.69) is 68.6 Å². The lowest BCUT2D eigenvalue weighted by molar-refractivity contribution is 0.0470. The van der Waals surface area contributed by atoms with Crippen LogP contribution in [0.1, 0.15) is 44.7 Å². The quantitative estimate of drug-likeness (QED) is 0.0842. The maximum absolute atomic E-state index is 12.3. The van der Waals surface area contributed by atoms with Crippen LogP contribution in [0.25, 0.3) is 22.3 Å². The lowest BCUT2D eigenvalue weighted by Crippen LogP contribution is -2.48. The Morgan fingerprint density at radius 3 is 2.57 bits per heavy atom. The Hall–Kier alpha value is -3.75. The molecule has 2 aliphatic heterocycles. The van der Waals surface area contributed by atoms with Gasteiger partial charge in [-0.15, -0.1) is 0 Å². The molecule has 4 aromatic rings. The monoisotopic (exact) mass is 763 g/mol. The number of rotatable bonds is 13. The van der Waals surface area contributed by atoms with Crippen molar-refractivity contribution in [2.24, 2.45) is 0 Å². The van der Waals surface area contributed by atoms with Gasteiger partial charge in [0, 0.05) is 58.7 Å². The van der Waals surface area contributed by atoms with Gasteiger partial charge in [-0.05, 0) is 93.7 Å². The molecular formula is C39H54ClN7O5Si. The Kier molecular flexibility index (Phi) is 12.6. The molecule has 12 nitrogen and oxygen atoms in total. The number of piperidine rings is 1. The van der Waals surface area contributed by atoms with Crippen molar-refractivity contribution in [1.29, 1.82) is 0 Å². The van der Waals surface area contributed by atoms with Crippen molar-refractivity contribution in [1.82, 2.24) is 29.7 Å². The summed E-state index contributed by atoms with van der Waals surface area (Å²) in [5, 5.41) is 4.45. The minimum atomic E-state index is -1.23. The van der Waals surface area contributed by atoms with Crippen LogP contribution in [-0.4, -0.2) is 96.2 Å². The van der Waals surface area contributed by atoms with Crippen LogP contribution < -0.4 is 15.0 Å². The summed E-state index contributed by atoms with van der Waals surface area (Å²) in [4.78, 5) is 30.8. The summed E-state index contributed by atoms with van der Waals surface area (Å²) >= 11 is 6.55. The maximum atomic E-state index is 12.3. The summed E-state index contributed by atoms with van der Waals surface area (Å²) in [7, 11) is -1.23. The van der Waals surface area contributed by atoms with Crippen LogP contribution in [0.5, 0.6) is 5.75 Å². The van der Waals surface area contributed by atoms with E-state index in [4.69, 9.17) is 40.5 Å². The highest BCUT2D eigenvalue weighted by Crippen LogP contribution is 2.33. The van der Waals surface area contributed by atoms with Crippen molar-refractivity contribution in [3.63, 3.8) is 0 Å². The van der Waals surface area contributed by atoms with Crippen molar-refractivity contribution in [2.45, 2.75) is 90.8 Å². The molecule has 5 heterocycles. The SMILES string of the molecule is CC(C)(C)OC(=O)N[C@@H]1CCCN(Cc2cnc(Cl)c(COc3ccc(-c4cc5c(N6CCOCC6)ncnc5n4COCC[Si](C)(C)C)cc3)c2)C1. The van der Waals surface area contributed by atoms with Crippen molar-refractivity contribution < 1.29 is 23.7 Å². The van der Waals surface area contributed by atoms with E-state index in [9.17, 15) is 4.79 Å². The highest BCUT2D eigenvalue weighted by molar-refractivity contribution is 6.76. The third-order valence-corrected chi connectivity index (χ3v) is 11.4. The molecule has 286 valence electrons. The Morgan fingerprint density at radius 2 is 1.83 bits per heavy atom. The van der Waals surface area contributed by atoms with E-state index in [0.717, 1.165) is 90.0 Å². The molecule has 3 aromatic heterocycles. The van der Waals surface area contributed by atoms with E-state index in [1.165, 1.54) is 0 Å². The molecule has 2 fully saturated rings. The first-order valence-corrected chi connectivity index (χ1v) is 22.7. The largest absolute Gasteiger partial charge is 0.489 e. The number of hydrogen-bond acceptors (Lipinski definition) is 10. The highest BCUT2D eigenvalue weighted by Gasteiger charge is 2.25. The molecule has 1 N–H and O–H groups in total. The van der Waals surface area contributed by atoms with Crippen molar-refractivity contribution in [3.05, 3.63) is 65.2 Å². The number of carbonyl (C=O) groups excluding carboxylic acids is 1. The first kappa shape index (κ1) is 39.0. The van der Waals surface area contributed by atoms with E-state index in [1.807, 2.05) is 39.1 Å². The zero-order chi connectivity index (χ0) is 37.6. The summed E-state index contributed by atoms with van der Waals surface area (Å²) in [5.41, 5.74) is 4.22.